The number of aryl methyl sites for hydroxylation is 1. The van der Waals surface area contributed by atoms with Crippen molar-refractivity contribution >= 4 is 34.5 Å². The summed E-state index contributed by atoms with van der Waals surface area (Å²) in [6.45, 7) is 2.10. The molecule has 108 valence electrons. The standard InChI is InChI=1S/C19H15NOS/c1-12-15(13-7-3-5-9-16(13)20(12)2)11-18-19(21)14-8-4-6-10-17(14)22-18/h3-11H,1-2H3/b18-11-. The first-order chi connectivity index (χ1) is 10.7. The zero-order valence-corrected chi connectivity index (χ0v) is 13.3. The molecular formula is C19H15NOS. The molecule has 4 rings (SSSR count). The summed E-state index contributed by atoms with van der Waals surface area (Å²) < 4.78 is 2.18. The van der Waals surface area contributed by atoms with Crippen LogP contribution in [0.1, 0.15) is 21.6 Å². The van der Waals surface area contributed by atoms with E-state index in [4.69, 9.17) is 0 Å². The van der Waals surface area contributed by atoms with Crippen molar-refractivity contribution < 1.29 is 4.79 Å². The number of allylic oxidation sites excluding steroid dienone is 1. The predicted octanol–water partition coefficient (Wildman–Crippen LogP) is 4.82. The van der Waals surface area contributed by atoms with Gasteiger partial charge < -0.3 is 4.57 Å². The lowest BCUT2D eigenvalue weighted by atomic mass is 10.1. The zero-order valence-electron chi connectivity index (χ0n) is 12.5. The van der Waals surface area contributed by atoms with Gasteiger partial charge in [-0.2, -0.15) is 0 Å². The van der Waals surface area contributed by atoms with Crippen molar-refractivity contribution in [1.29, 1.82) is 0 Å². The number of aromatic nitrogens is 1. The Morgan fingerprint density at radius 1 is 1.05 bits per heavy atom. The largest absolute Gasteiger partial charge is 0.347 e. The van der Waals surface area contributed by atoms with Crippen molar-refractivity contribution in [1.82, 2.24) is 4.57 Å². The molecule has 0 saturated carbocycles. The molecule has 1 aliphatic rings. The number of benzene rings is 2. The number of para-hydroxylation sites is 1. The van der Waals surface area contributed by atoms with Gasteiger partial charge in [0.1, 0.15) is 0 Å². The average molecular weight is 305 g/mol. The number of Topliss-reactive ketones (excluding diaryl/α,β-unsaturated/α-hetero) is 1. The van der Waals surface area contributed by atoms with E-state index in [0.717, 1.165) is 20.9 Å². The Hall–Kier alpha value is -2.26. The van der Waals surface area contributed by atoms with Gasteiger partial charge in [0.15, 0.2) is 0 Å². The summed E-state index contributed by atoms with van der Waals surface area (Å²) in [7, 11) is 2.07. The van der Waals surface area contributed by atoms with E-state index >= 15 is 0 Å². The number of hydrogen-bond donors (Lipinski definition) is 0. The Morgan fingerprint density at radius 2 is 1.77 bits per heavy atom. The maximum absolute atomic E-state index is 12.6. The molecule has 0 amide bonds. The number of thioether (sulfide) groups is 1. The number of fused-ring (bicyclic) bond motifs is 2. The topological polar surface area (TPSA) is 22.0 Å². The highest BCUT2D eigenvalue weighted by Gasteiger charge is 2.26. The van der Waals surface area contributed by atoms with E-state index in [0.29, 0.717) is 0 Å². The lowest BCUT2D eigenvalue weighted by Crippen LogP contribution is -1.94. The smallest absolute Gasteiger partial charge is 0.200 e. The highest BCUT2D eigenvalue weighted by atomic mass is 32.2. The molecule has 0 atom stereocenters. The first-order valence-electron chi connectivity index (χ1n) is 7.24. The second-order valence-corrected chi connectivity index (χ2v) is 6.59. The minimum atomic E-state index is 0.132. The number of ketones is 1. The van der Waals surface area contributed by atoms with Crippen LogP contribution < -0.4 is 0 Å². The maximum atomic E-state index is 12.6. The molecule has 3 aromatic rings. The Bertz CT molecular complexity index is 949. The first kappa shape index (κ1) is 13.4. The van der Waals surface area contributed by atoms with Crippen LogP contribution in [0, 0.1) is 6.92 Å². The molecule has 0 aliphatic carbocycles. The summed E-state index contributed by atoms with van der Waals surface area (Å²) >= 11 is 1.57. The van der Waals surface area contributed by atoms with Gasteiger partial charge in [0, 0.05) is 39.7 Å². The van der Waals surface area contributed by atoms with E-state index in [1.807, 2.05) is 42.5 Å². The van der Waals surface area contributed by atoms with Crippen LogP contribution in [0.3, 0.4) is 0 Å². The summed E-state index contributed by atoms with van der Waals surface area (Å²) in [5.74, 6) is 0.132. The van der Waals surface area contributed by atoms with E-state index < -0.39 is 0 Å². The molecule has 22 heavy (non-hydrogen) atoms. The second-order valence-electron chi connectivity index (χ2n) is 5.51. The van der Waals surface area contributed by atoms with Crippen molar-refractivity contribution in [2.75, 3.05) is 0 Å². The van der Waals surface area contributed by atoms with Crippen LogP contribution in [-0.4, -0.2) is 10.4 Å². The summed E-state index contributed by atoms with van der Waals surface area (Å²) in [6.07, 6.45) is 2.05. The van der Waals surface area contributed by atoms with Gasteiger partial charge in [0.05, 0.1) is 4.91 Å². The Labute approximate surface area is 133 Å². The van der Waals surface area contributed by atoms with Crippen LogP contribution >= 0.6 is 11.8 Å². The minimum Gasteiger partial charge on any atom is -0.347 e. The fraction of sp³-hybridized carbons (Fsp3) is 0.105. The molecule has 1 aromatic heterocycles. The number of nitrogens with zero attached hydrogens (tertiary/aromatic N) is 1. The third-order valence-electron chi connectivity index (χ3n) is 4.30. The average Bonchev–Trinajstić information content (AvgIpc) is 2.99. The van der Waals surface area contributed by atoms with Crippen molar-refractivity contribution in [2.24, 2.45) is 7.05 Å². The molecule has 0 spiro atoms. The molecule has 0 radical (unpaired) electrons. The molecule has 0 N–H and O–H groups in total. The lowest BCUT2D eigenvalue weighted by molar-refractivity contribution is 0.104. The summed E-state index contributed by atoms with van der Waals surface area (Å²) in [5.41, 5.74) is 4.33. The summed E-state index contributed by atoms with van der Waals surface area (Å²) in [6, 6.07) is 16.1. The molecule has 0 saturated heterocycles. The quantitative estimate of drug-likeness (QED) is 0.601. The Morgan fingerprint density at radius 3 is 2.59 bits per heavy atom. The molecule has 2 nitrogen and oxygen atoms in total. The number of carbonyl (C=O) groups excluding carboxylic acids is 1. The van der Waals surface area contributed by atoms with Crippen LogP contribution in [0.2, 0.25) is 0 Å². The molecule has 0 bridgehead atoms. The van der Waals surface area contributed by atoms with Gasteiger partial charge in [-0.15, -0.1) is 0 Å². The van der Waals surface area contributed by atoms with Crippen molar-refractivity contribution in [3.05, 3.63) is 70.3 Å². The molecule has 2 heterocycles. The van der Waals surface area contributed by atoms with Crippen LogP contribution in [0.5, 0.6) is 0 Å². The van der Waals surface area contributed by atoms with Gasteiger partial charge in [0.25, 0.3) is 0 Å². The van der Waals surface area contributed by atoms with Crippen LogP contribution in [-0.2, 0) is 7.05 Å². The molecule has 2 aromatic carbocycles. The molecule has 1 aliphatic heterocycles. The van der Waals surface area contributed by atoms with Gasteiger partial charge in [-0.1, -0.05) is 42.1 Å². The van der Waals surface area contributed by atoms with E-state index in [2.05, 4.69) is 30.7 Å². The minimum absolute atomic E-state index is 0.132. The molecule has 0 fully saturated rings. The number of rotatable bonds is 1. The van der Waals surface area contributed by atoms with Crippen molar-refractivity contribution in [2.45, 2.75) is 11.8 Å². The number of carbonyl (C=O) groups is 1. The highest BCUT2D eigenvalue weighted by Crippen LogP contribution is 2.41. The van der Waals surface area contributed by atoms with Gasteiger partial charge in [-0.25, -0.2) is 0 Å². The molecular weight excluding hydrogens is 290 g/mol. The monoisotopic (exact) mass is 305 g/mol. The fourth-order valence-electron chi connectivity index (χ4n) is 3.00. The van der Waals surface area contributed by atoms with Gasteiger partial charge in [-0.3, -0.25) is 4.79 Å². The maximum Gasteiger partial charge on any atom is 0.200 e. The Kier molecular flexibility index (Phi) is 2.98. The summed E-state index contributed by atoms with van der Waals surface area (Å²) in [4.78, 5) is 14.4. The SMILES string of the molecule is Cc1c(/C=C2\Sc3ccccc3C2=O)c2ccccc2n1C. The first-order valence-corrected chi connectivity index (χ1v) is 8.06. The number of hydrogen-bond acceptors (Lipinski definition) is 2. The van der Waals surface area contributed by atoms with Crippen molar-refractivity contribution in [3.63, 3.8) is 0 Å². The van der Waals surface area contributed by atoms with Crippen LogP contribution in [0.25, 0.3) is 17.0 Å². The molecule has 3 heteroatoms. The third-order valence-corrected chi connectivity index (χ3v) is 5.40. The Balaban J connectivity index is 1.89. The third kappa shape index (κ3) is 1.86. The summed E-state index contributed by atoms with van der Waals surface area (Å²) in [5, 5.41) is 1.19. The van der Waals surface area contributed by atoms with E-state index in [-0.39, 0.29) is 5.78 Å². The van der Waals surface area contributed by atoms with Gasteiger partial charge in [-0.05, 0) is 31.2 Å². The van der Waals surface area contributed by atoms with E-state index in [9.17, 15) is 4.79 Å². The van der Waals surface area contributed by atoms with Crippen molar-refractivity contribution in [3.8, 4) is 0 Å². The van der Waals surface area contributed by atoms with Gasteiger partial charge in [0.2, 0.25) is 5.78 Å². The second kappa shape index (κ2) is 4.89. The fourth-order valence-corrected chi connectivity index (χ4v) is 4.03. The van der Waals surface area contributed by atoms with Crippen LogP contribution in [0.15, 0.2) is 58.3 Å². The zero-order chi connectivity index (χ0) is 15.3. The van der Waals surface area contributed by atoms with Gasteiger partial charge >= 0.3 is 0 Å². The molecule has 0 unspecified atom stereocenters. The normalized spacial score (nSPS) is 15.7. The highest BCUT2D eigenvalue weighted by molar-refractivity contribution is 8.04. The van der Waals surface area contributed by atoms with Crippen LogP contribution in [0.4, 0.5) is 0 Å². The van der Waals surface area contributed by atoms with E-state index in [1.165, 1.54) is 16.6 Å². The predicted molar refractivity (Wildman–Crippen MR) is 92.3 cm³/mol. The lowest BCUT2D eigenvalue weighted by Gasteiger charge is -1.99. The van der Waals surface area contributed by atoms with E-state index in [1.54, 1.807) is 11.8 Å².